The number of nitrogens with one attached hydrogen (secondary N) is 1. The highest BCUT2D eigenvalue weighted by molar-refractivity contribution is 7.98. The van der Waals surface area contributed by atoms with E-state index in [1.165, 1.54) is 0 Å². The van der Waals surface area contributed by atoms with Crippen molar-refractivity contribution in [1.82, 2.24) is 4.98 Å². The summed E-state index contributed by atoms with van der Waals surface area (Å²) in [5, 5.41) is 3.48. The number of hydrogen-bond donors (Lipinski definition) is 1. The number of anilines is 1. The van der Waals surface area contributed by atoms with Crippen LogP contribution in [0, 0.1) is 0 Å². The Hall–Kier alpha value is -3.13. The van der Waals surface area contributed by atoms with Gasteiger partial charge >= 0.3 is 0 Å². The van der Waals surface area contributed by atoms with E-state index in [2.05, 4.69) is 10.3 Å². The maximum Gasteiger partial charge on any atom is 0.256 e. The summed E-state index contributed by atoms with van der Waals surface area (Å²) in [6.45, 7) is 1.61. The Morgan fingerprint density at radius 1 is 0.971 bits per heavy atom. The summed E-state index contributed by atoms with van der Waals surface area (Å²) in [5.41, 5.74) is 3.73. The van der Waals surface area contributed by atoms with E-state index in [9.17, 15) is 13.2 Å². The van der Waals surface area contributed by atoms with Crippen LogP contribution in [0.2, 0.25) is 5.02 Å². The van der Waals surface area contributed by atoms with Crippen LogP contribution in [0.5, 0.6) is 0 Å². The van der Waals surface area contributed by atoms with Gasteiger partial charge in [0.2, 0.25) is 0 Å². The van der Waals surface area contributed by atoms with Gasteiger partial charge in [0.25, 0.3) is 5.91 Å². The lowest BCUT2D eigenvalue weighted by atomic mass is 9.99. The lowest BCUT2D eigenvalue weighted by Gasteiger charge is -2.14. The lowest BCUT2D eigenvalue weighted by molar-refractivity contribution is 0.102. The van der Waals surface area contributed by atoms with Crippen molar-refractivity contribution in [2.45, 2.75) is 16.7 Å². The van der Waals surface area contributed by atoms with Gasteiger partial charge < -0.3 is 5.32 Å². The van der Waals surface area contributed by atoms with Crippen molar-refractivity contribution in [1.29, 1.82) is 0 Å². The molecule has 35 heavy (non-hydrogen) atoms. The normalized spacial score (nSPS) is 11.3. The topological polar surface area (TPSA) is 76.1 Å². The van der Waals surface area contributed by atoms with E-state index in [1.807, 2.05) is 42.7 Å². The van der Waals surface area contributed by atoms with Gasteiger partial charge in [-0.15, -0.1) is 11.8 Å². The van der Waals surface area contributed by atoms with Crippen molar-refractivity contribution < 1.29 is 13.2 Å². The first-order chi connectivity index (χ1) is 16.8. The average Bonchev–Trinajstić information content (AvgIpc) is 2.90. The number of carbonyl (C=O) groups excluding carboxylic acids is 1. The molecule has 0 atom stereocenters. The van der Waals surface area contributed by atoms with Crippen molar-refractivity contribution in [2.75, 3.05) is 17.3 Å². The molecule has 1 amide bonds. The molecule has 0 aliphatic heterocycles. The SMILES string of the molecule is CCS(=O)(=O)c1cccc(-c2cc(SC)ccc2C(=O)Nc2ccc(Cl)c(-c3ccccn3)c2)c1. The van der Waals surface area contributed by atoms with E-state index in [4.69, 9.17) is 11.6 Å². The number of halogens is 1. The Kier molecular flexibility index (Phi) is 7.60. The zero-order chi connectivity index (χ0) is 25.0. The maximum atomic E-state index is 13.4. The summed E-state index contributed by atoms with van der Waals surface area (Å²) >= 11 is 7.93. The third-order valence-corrected chi connectivity index (χ3v) is 8.31. The van der Waals surface area contributed by atoms with E-state index in [-0.39, 0.29) is 16.6 Å². The minimum absolute atomic E-state index is 0.00379. The van der Waals surface area contributed by atoms with Crippen molar-refractivity contribution >= 4 is 44.8 Å². The summed E-state index contributed by atoms with van der Waals surface area (Å²) in [6, 6.07) is 23.0. The molecule has 3 aromatic carbocycles. The highest BCUT2D eigenvalue weighted by Crippen LogP contribution is 2.32. The molecule has 4 aromatic rings. The fourth-order valence-corrected chi connectivity index (χ4v) is 5.21. The van der Waals surface area contributed by atoms with Gasteiger partial charge in [0, 0.05) is 27.9 Å². The third kappa shape index (κ3) is 5.59. The predicted octanol–water partition coefficient (Wildman–Crippen LogP) is 6.84. The molecule has 4 rings (SSSR count). The molecule has 1 heterocycles. The van der Waals surface area contributed by atoms with Gasteiger partial charge in [-0.3, -0.25) is 9.78 Å². The molecule has 8 heteroatoms. The van der Waals surface area contributed by atoms with Gasteiger partial charge in [-0.2, -0.15) is 0 Å². The minimum Gasteiger partial charge on any atom is -0.322 e. The van der Waals surface area contributed by atoms with Crippen molar-refractivity contribution in [3.05, 3.63) is 95.6 Å². The smallest absolute Gasteiger partial charge is 0.256 e. The zero-order valence-electron chi connectivity index (χ0n) is 19.2. The minimum atomic E-state index is -3.39. The van der Waals surface area contributed by atoms with Crippen molar-refractivity contribution in [3.63, 3.8) is 0 Å². The Labute approximate surface area is 214 Å². The fraction of sp³-hybridized carbons (Fsp3) is 0.111. The first kappa shape index (κ1) is 25.0. The van der Waals surface area contributed by atoms with Gasteiger partial charge in [-0.1, -0.05) is 36.7 Å². The van der Waals surface area contributed by atoms with Crippen LogP contribution in [0.3, 0.4) is 0 Å². The highest BCUT2D eigenvalue weighted by atomic mass is 35.5. The molecular weight excluding hydrogens is 500 g/mol. The molecule has 1 aromatic heterocycles. The van der Waals surface area contributed by atoms with Gasteiger partial charge in [0.1, 0.15) is 0 Å². The molecule has 0 fully saturated rings. The van der Waals surface area contributed by atoms with Crippen LogP contribution in [-0.4, -0.2) is 31.3 Å². The molecule has 0 saturated carbocycles. The molecule has 0 unspecified atom stereocenters. The molecular formula is C27H23ClN2O3S2. The summed E-state index contributed by atoms with van der Waals surface area (Å²) in [4.78, 5) is 18.9. The van der Waals surface area contributed by atoms with Gasteiger partial charge in [0.05, 0.1) is 21.4 Å². The van der Waals surface area contributed by atoms with E-state index in [1.54, 1.807) is 67.3 Å². The first-order valence-corrected chi connectivity index (χ1v) is 14.1. The summed E-state index contributed by atoms with van der Waals surface area (Å²) < 4.78 is 24.9. The van der Waals surface area contributed by atoms with Crippen LogP contribution in [-0.2, 0) is 9.84 Å². The Morgan fingerprint density at radius 3 is 2.51 bits per heavy atom. The second-order valence-electron chi connectivity index (χ2n) is 7.71. The van der Waals surface area contributed by atoms with Crippen LogP contribution < -0.4 is 5.32 Å². The predicted molar refractivity (Wildman–Crippen MR) is 144 cm³/mol. The first-order valence-electron chi connectivity index (χ1n) is 10.9. The summed E-state index contributed by atoms with van der Waals surface area (Å²) in [7, 11) is -3.39. The number of aromatic nitrogens is 1. The van der Waals surface area contributed by atoms with Crippen LogP contribution in [0.1, 0.15) is 17.3 Å². The standard InChI is InChI=1S/C27H23ClN2O3S2/c1-3-35(32,33)21-8-6-7-18(15-21)23-17-20(34-2)11-12-22(23)27(31)30-19-10-13-25(28)24(16-19)26-9-4-5-14-29-26/h4-17H,3H2,1-2H3,(H,30,31). The van der Waals surface area contributed by atoms with Crippen LogP contribution in [0.15, 0.2) is 94.9 Å². The molecule has 178 valence electrons. The molecule has 0 bridgehead atoms. The van der Waals surface area contributed by atoms with Crippen molar-refractivity contribution in [3.8, 4) is 22.4 Å². The Balaban J connectivity index is 1.73. The number of thioether (sulfide) groups is 1. The number of benzene rings is 3. The Bertz CT molecular complexity index is 1490. The van der Waals surface area contributed by atoms with E-state index in [0.717, 1.165) is 4.90 Å². The largest absolute Gasteiger partial charge is 0.322 e. The molecule has 0 radical (unpaired) electrons. The van der Waals surface area contributed by atoms with E-state index >= 15 is 0 Å². The molecule has 0 spiro atoms. The van der Waals surface area contributed by atoms with E-state index < -0.39 is 9.84 Å². The maximum absolute atomic E-state index is 13.4. The van der Waals surface area contributed by atoms with Crippen molar-refractivity contribution in [2.24, 2.45) is 0 Å². The Morgan fingerprint density at radius 2 is 1.80 bits per heavy atom. The van der Waals surface area contributed by atoms with Crippen LogP contribution in [0.4, 0.5) is 5.69 Å². The number of sulfone groups is 1. The molecule has 0 aliphatic carbocycles. The van der Waals surface area contributed by atoms with Crippen LogP contribution in [0.25, 0.3) is 22.4 Å². The van der Waals surface area contributed by atoms with Gasteiger partial charge in [0.15, 0.2) is 9.84 Å². The summed E-state index contributed by atoms with van der Waals surface area (Å²) in [6.07, 6.45) is 3.63. The number of amides is 1. The van der Waals surface area contributed by atoms with Gasteiger partial charge in [-0.25, -0.2) is 8.42 Å². The molecule has 0 aliphatic rings. The zero-order valence-corrected chi connectivity index (χ0v) is 21.5. The third-order valence-electron chi connectivity index (χ3n) is 5.52. The highest BCUT2D eigenvalue weighted by Gasteiger charge is 2.18. The average molecular weight is 523 g/mol. The monoisotopic (exact) mass is 522 g/mol. The summed E-state index contributed by atoms with van der Waals surface area (Å²) in [5.74, 6) is -0.310. The second kappa shape index (κ2) is 10.6. The van der Waals surface area contributed by atoms with E-state index in [0.29, 0.717) is 38.7 Å². The fourth-order valence-electron chi connectivity index (χ4n) is 3.63. The number of carbonyl (C=O) groups is 1. The number of pyridine rings is 1. The molecule has 0 saturated heterocycles. The number of nitrogens with zero attached hydrogens (tertiary/aromatic N) is 1. The van der Waals surface area contributed by atoms with Gasteiger partial charge in [-0.05, 0) is 78.0 Å². The second-order valence-corrected chi connectivity index (χ2v) is 11.3. The molecule has 5 nitrogen and oxygen atoms in total. The lowest BCUT2D eigenvalue weighted by Crippen LogP contribution is -2.13. The quantitative estimate of drug-likeness (QED) is 0.269. The van der Waals surface area contributed by atoms with Crippen LogP contribution >= 0.6 is 23.4 Å². The molecule has 1 N–H and O–H groups in total. The number of rotatable bonds is 7. The number of hydrogen-bond acceptors (Lipinski definition) is 5.